The van der Waals surface area contributed by atoms with Crippen molar-refractivity contribution >= 4 is 23.0 Å². The minimum Gasteiger partial charge on any atom is -0.399 e. The number of nitrogen functional groups attached to an aromatic ring is 1. The van der Waals surface area contributed by atoms with Gasteiger partial charge < -0.3 is 20.9 Å². The first-order chi connectivity index (χ1) is 7.74. The van der Waals surface area contributed by atoms with Gasteiger partial charge >= 0.3 is 0 Å². The fourth-order valence-corrected chi connectivity index (χ4v) is 1.49. The summed E-state index contributed by atoms with van der Waals surface area (Å²) in [6, 6.07) is 5.37. The molecule has 0 saturated carbocycles. The average Bonchev–Trinajstić information content (AvgIpc) is 2.26. The lowest BCUT2D eigenvalue weighted by atomic mass is 10.3. The van der Waals surface area contributed by atoms with Gasteiger partial charge in [-0.2, -0.15) is 0 Å². The molecule has 0 unspecified atom stereocenters. The van der Waals surface area contributed by atoms with Crippen molar-refractivity contribution < 1.29 is 9.84 Å². The van der Waals surface area contributed by atoms with Crippen LogP contribution in [0.15, 0.2) is 18.2 Å². The Kier molecular flexibility index (Phi) is 6.00. The maximum absolute atomic E-state index is 8.49. The van der Waals surface area contributed by atoms with E-state index in [-0.39, 0.29) is 6.61 Å². The van der Waals surface area contributed by atoms with Crippen molar-refractivity contribution in [1.29, 1.82) is 0 Å². The Hall–Kier alpha value is -0.970. The number of nitrogens with two attached hydrogens (primary N) is 1. The Morgan fingerprint density at radius 3 is 2.88 bits per heavy atom. The summed E-state index contributed by atoms with van der Waals surface area (Å²) in [6.45, 7) is 1.86. The van der Waals surface area contributed by atoms with Gasteiger partial charge in [-0.1, -0.05) is 11.6 Å². The number of hydrogen-bond donors (Lipinski definition) is 3. The highest BCUT2D eigenvalue weighted by molar-refractivity contribution is 6.33. The molecular formula is C11H17ClN2O2. The van der Waals surface area contributed by atoms with Crippen LogP contribution < -0.4 is 11.1 Å². The summed E-state index contributed by atoms with van der Waals surface area (Å²) in [7, 11) is 0. The average molecular weight is 245 g/mol. The third-order valence-corrected chi connectivity index (χ3v) is 2.32. The van der Waals surface area contributed by atoms with Crippen molar-refractivity contribution in [3.05, 3.63) is 23.2 Å². The van der Waals surface area contributed by atoms with Crippen LogP contribution in [0.2, 0.25) is 5.02 Å². The third kappa shape index (κ3) is 4.70. The van der Waals surface area contributed by atoms with Crippen LogP contribution in [0.25, 0.3) is 0 Å². The van der Waals surface area contributed by atoms with Gasteiger partial charge in [-0.15, -0.1) is 0 Å². The van der Waals surface area contributed by atoms with Gasteiger partial charge in [0.1, 0.15) is 0 Å². The molecule has 90 valence electrons. The lowest BCUT2D eigenvalue weighted by Crippen LogP contribution is -2.07. The number of rotatable bonds is 7. The first kappa shape index (κ1) is 13.1. The predicted molar refractivity (Wildman–Crippen MR) is 66.9 cm³/mol. The molecule has 0 aliphatic rings. The Bertz CT molecular complexity index is 321. The fourth-order valence-electron chi connectivity index (χ4n) is 1.24. The number of anilines is 2. The van der Waals surface area contributed by atoms with Crippen molar-refractivity contribution in [3.8, 4) is 0 Å². The predicted octanol–water partition coefficient (Wildman–Crippen LogP) is 1.73. The number of ether oxygens (including phenoxy) is 1. The molecule has 16 heavy (non-hydrogen) atoms. The smallest absolute Gasteiger partial charge is 0.0697 e. The number of aliphatic hydroxyl groups is 1. The van der Waals surface area contributed by atoms with Gasteiger partial charge in [-0.3, -0.25) is 0 Å². The van der Waals surface area contributed by atoms with Gasteiger partial charge in [0.05, 0.1) is 23.9 Å². The molecule has 0 radical (unpaired) electrons. The molecule has 0 saturated heterocycles. The normalized spacial score (nSPS) is 10.4. The summed E-state index contributed by atoms with van der Waals surface area (Å²) in [6.07, 6.45) is 0.862. The molecule has 0 spiro atoms. The number of nitrogens with one attached hydrogen (secondary N) is 1. The number of benzene rings is 1. The van der Waals surface area contributed by atoms with Crippen molar-refractivity contribution in [2.24, 2.45) is 0 Å². The van der Waals surface area contributed by atoms with E-state index in [0.717, 1.165) is 18.7 Å². The quantitative estimate of drug-likeness (QED) is 0.505. The monoisotopic (exact) mass is 244 g/mol. The van der Waals surface area contributed by atoms with Gasteiger partial charge in [0.25, 0.3) is 0 Å². The summed E-state index contributed by atoms with van der Waals surface area (Å²) in [4.78, 5) is 0. The number of halogens is 1. The Morgan fingerprint density at radius 2 is 2.19 bits per heavy atom. The SMILES string of the molecule is Nc1ccc(NCCCOCCO)c(Cl)c1. The van der Waals surface area contributed by atoms with E-state index in [2.05, 4.69) is 5.32 Å². The highest BCUT2D eigenvalue weighted by Crippen LogP contribution is 2.23. The van der Waals surface area contributed by atoms with Crippen LogP contribution in [0, 0.1) is 0 Å². The molecule has 0 amide bonds. The number of hydrogen-bond acceptors (Lipinski definition) is 4. The second-order valence-corrected chi connectivity index (χ2v) is 3.76. The minimum atomic E-state index is 0.0667. The molecule has 0 atom stereocenters. The second kappa shape index (κ2) is 7.33. The maximum Gasteiger partial charge on any atom is 0.0697 e. The topological polar surface area (TPSA) is 67.5 Å². The molecule has 0 heterocycles. The van der Waals surface area contributed by atoms with Crippen LogP contribution in [0.1, 0.15) is 6.42 Å². The van der Waals surface area contributed by atoms with E-state index < -0.39 is 0 Å². The Labute approximate surface area is 100 Å². The lowest BCUT2D eigenvalue weighted by Gasteiger charge is -2.08. The summed E-state index contributed by atoms with van der Waals surface area (Å²) < 4.78 is 5.13. The first-order valence-electron chi connectivity index (χ1n) is 5.21. The molecule has 1 rings (SSSR count). The zero-order valence-corrected chi connectivity index (χ0v) is 9.83. The molecule has 0 aromatic heterocycles. The van der Waals surface area contributed by atoms with E-state index in [4.69, 9.17) is 27.2 Å². The molecule has 4 nitrogen and oxygen atoms in total. The summed E-state index contributed by atoms with van der Waals surface area (Å²) >= 11 is 5.99. The molecule has 5 heteroatoms. The van der Waals surface area contributed by atoms with E-state index in [0.29, 0.717) is 23.9 Å². The van der Waals surface area contributed by atoms with E-state index in [1.54, 1.807) is 12.1 Å². The van der Waals surface area contributed by atoms with Crippen LogP contribution in [0.4, 0.5) is 11.4 Å². The van der Waals surface area contributed by atoms with Crippen molar-refractivity contribution in [1.82, 2.24) is 0 Å². The third-order valence-electron chi connectivity index (χ3n) is 2.01. The van der Waals surface area contributed by atoms with E-state index in [9.17, 15) is 0 Å². The molecule has 1 aromatic rings. The summed E-state index contributed by atoms with van der Waals surface area (Å²) in [5.41, 5.74) is 7.11. The van der Waals surface area contributed by atoms with Crippen LogP contribution in [0.5, 0.6) is 0 Å². The van der Waals surface area contributed by atoms with Crippen LogP contribution >= 0.6 is 11.6 Å². The largest absolute Gasteiger partial charge is 0.399 e. The maximum atomic E-state index is 8.49. The molecule has 4 N–H and O–H groups in total. The van der Waals surface area contributed by atoms with Crippen LogP contribution in [-0.4, -0.2) is 31.5 Å². The number of aliphatic hydroxyl groups excluding tert-OH is 1. The zero-order valence-electron chi connectivity index (χ0n) is 9.08. The zero-order chi connectivity index (χ0) is 11.8. The van der Waals surface area contributed by atoms with Crippen molar-refractivity contribution in [2.45, 2.75) is 6.42 Å². The Balaban J connectivity index is 2.21. The van der Waals surface area contributed by atoms with E-state index >= 15 is 0 Å². The van der Waals surface area contributed by atoms with Gasteiger partial charge in [0.15, 0.2) is 0 Å². The first-order valence-corrected chi connectivity index (χ1v) is 5.59. The molecule has 1 aromatic carbocycles. The van der Waals surface area contributed by atoms with Gasteiger partial charge in [0.2, 0.25) is 0 Å². The van der Waals surface area contributed by atoms with E-state index in [1.165, 1.54) is 0 Å². The lowest BCUT2D eigenvalue weighted by molar-refractivity contribution is 0.0922. The van der Waals surface area contributed by atoms with Crippen molar-refractivity contribution in [2.75, 3.05) is 37.4 Å². The van der Waals surface area contributed by atoms with Crippen LogP contribution in [0.3, 0.4) is 0 Å². The van der Waals surface area contributed by atoms with Gasteiger partial charge in [-0.25, -0.2) is 0 Å². The minimum absolute atomic E-state index is 0.0667. The summed E-state index contributed by atoms with van der Waals surface area (Å²) in [5, 5.41) is 12.3. The molecule has 0 fully saturated rings. The van der Waals surface area contributed by atoms with Crippen LogP contribution in [-0.2, 0) is 4.74 Å². The van der Waals surface area contributed by atoms with Gasteiger partial charge in [0, 0.05) is 18.8 Å². The molecule has 0 aliphatic carbocycles. The molecule has 0 aliphatic heterocycles. The highest BCUT2D eigenvalue weighted by Gasteiger charge is 1.99. The molecule has 0 bridgehead atoms. The van der Waals surface area contributed by atoms with E-state index in [1.807, 2.05) is 6.07 Å². The van der Waals surface area contributed by atoms with Crippen molar-refractivity contribution in [3.63, 3.8) is 0 Å². The molecular weight excluding hydrogens is 228 g/mol. The van der Waals surface area contributed by atoms with Gasteiger partial charge in [-0.05, 0) is 24.6 Å². The highest BCUT2D eigenvalue weighted by atomic mass is 35.5. The summed E-state index contributed by atoms with van der Waals surface area (Å²) in [5.74, 6) is 0. The second-order valence-electron chi connectivity index (χ2n) is 3.36. The standard InChI is InChI=1S/C11H17ClN2O2/c12-10-8-9(13)2-3-11(10)14-4-1-6-16-7-5-15/h2-3,8,14-15H,1,4-7,13H2. The Morgan fingerprint density at radius 1 is 1.38 bits per heavy atom. The fraction of sp³-hybridized carbons (Fsp3) is 0.455.